The lowest BCUT2D eigenvalue weighted by molar-refractivity contribution is -0.147. The summed E-state index contributed by atoms with van der Waals surface area (Å²) >= 11 is 0. The van der Waals surface area contributed by atoms with Gasteiger partial charge in [0.05, 0.1) is 12.1 Å². The van der Waals surface area contributed by atoms with Gasteiger partial charge in [-0.05, 0) is 49.7 Å². The molecule has 4 heterocycles. The number of para-hydroxylation sites is 1. The highest BCUT2D eigenvalue weighted by molar-refractivity contribution is 5.98. The maximum absolute atomic E-state index is 14.1. The largest absolute Gasteiger partial charge is 0.417 e. The van der Waals surface area contributed by atoms with Crippen LogP contribution in [0, 0.1) is 5.92 Å². The lowest BCUT2D eigenvalue weighted by atomic mass is 9.93. The SMILES string of the molecule is CCC(C)[C@@H]1NC(=O)[C@H](Cc2cn(OC)c3ccccc23)NC(=O)[C@H](CCCCCC(=O)C2CO2)NC(=O)C2CCCCN2C1=O. The van der Waals surface area contributed by atoms with E-state index >= 15 is 0 Å². The van der Waals surface area contributed by atoms with Crippen LogP contribution in [0.2, 0.25) is 0 Å². The summed E-state index contributed by atoms with van der Waals surface area (Å²) in [5.74, 6) is -1.64. The first-order valence-corrected chi connectivity index (χ1v) is 16.7. The molecule has 1 aromatic carbocycles. The van der Waals surface area contributed by atoms with E-state index in [1.165, 1.54) is 0 Å². The number of hydrogen-bond acceptors (Lipinski definition) is 7. The number of hydrogen-bond donors (Lipinski definition) is 3. The highest BCUT2D eigenvalue weighted by Crippen LogP contribution is 2.25. The third-order valence-corrected chi connectivity index (χ3v) is 9.62. The molecule has 0 spiro atoms. The monoisotopic (exact) mass is 637 g/mol. The summed E-state index contributed by atoms with van der Waals surface area (Å²) in [5, 5.41) is 9.74. The number of ketones is 1. The second-order valence-electron chi connectivity index (χ2n) is 12.8. The molecular formula is C34H47N5O7. The van der Waals surface area contributed by atoms with Gasteiger partial charge in [0.15, 0.2) is 5.78 Å². The molecule has 250 valence electrons. The van der Waals surface area contributed by atoms with Crippen molar-refractivity contribution in [3.8, 4) is 0 Å². The van der Waals surface area contributed by atoms with Gasteiger partial charge in [-0.25, -0.2) is 0 Å². The van der Waals surface area contributed by atoms with Crippen LogP contribution in [0.3, 0.4) is 0 Å². The number of rotatable bonds is 12. The molecule has 0 bridgehead atoms. The third kappa shape index (κ3) is 7.71. The van der Waals surface area contributed by atoms with E-state index in [9.17, 15) is 24.0 Å². The molecular weight excluding hydrogens is 590 g/mol. The average Bonchev–Trinajstić information content (AvgIpc) is 3.87. The van der Waals surface area contributed by atoms with Crippen molar-refractivity contribution in [2.45, 2.75) is 108 Å². The zero-order chi connectivity index (χ0) is 32.8. The number of Topliss-reactive ketones (excluding diaryl/α,β-unsaturated/α-hetero) is 1. The van der Waals surface area contributed by atoms with Crippen molar-refractivity contribution in [2.24, 2.45) is 5.92 Å². The summed E-state index contributed by atoms with van der Waals surface area (Å²) in [7, 11) is 1.56. The van der Waals surface area contributed by atoms with E-state index in [2.05, 4.69) is 16.0 Å². The Kier molecular flexibility index (Phi) is 11.0. The number of epoxide rings is 1. The van der Waals surface area contributed by atoms with E-state index in [4.69, 9.17) is 9.57 Å². The van der Waals surface area contributed by atoms with Gasteiger partial charge in [0.2, 0.25) is 23.6 Å². The predicted octanol–water partition coefficient (Wildman–Crippen LogP) is 2.06. The topological polar surface area (TPSA) is 151 Å². The summed E-state index contributed by atoms with van der Waals surface area (Å²) in [6.45, 7) is 4.77. The Bertz CT molecular complexity index is 1440. The average molecular weight is 638 g/mol. The van der Waals surface area contributed by atoms with Crippen LogP contribution in [0.1, 0.15) is 77.2 Å². The number of carbonyl (C=O) groups excluding carboxylic acids is 5. The molecule has 5 rings (SSSR count). The number of carbonyl (C=O) groups is 5. The Morgan fingerprint density at radius 3 is 2.48 bits per heavy atom. The fourth-order valence-electron chi connectivity index (χ4n) is 6.57. The van der Waals surface area contributed by atoms with E-state index < -0.39 is 36.0 Å². The molecule has 3 aliphatic rings. The Morgan fingerprint density at radius 1 is 1.00 bits per heavy atom. The molecule has 3 aliphatic heterocycles. The van der Waals surface area contributed by atoms with E-state index in [0.717, 1.165) is 29.3 Å². The maximum atomic E-state index is 14.1. The standard InChI is InChI=1S/C34H47N5O7/c1-4-21(2)30-34(44)38-17-11-10-15-27(38)33(43)35-24(13-6-5-7-16-28(40)29-20-46-29)31(41)36-25(32(42)37-30)18-22-19-39(45-3)26-14-9-8-12-23(22)26/h8-9,12,14,19,21,24-25,27,29-30H,4-7,10-11,13,15-18,20H2,1-3H3,(H,35,43)(H,36,41)(H,37,42)/t21?,24-,25-,27?,29?,30-/m0/s1. The molecule has 0 saturated carbocycles. The molecule has 4 amide bonds. The minimum absolute atomic E-state index is 0.0958. The Morgan fingerprint density at radius 2 is 1.74 bits per heavy atom. The minimum atomic E-state index is -1.02. The Labute approximate surface area is 269 Å². The van der Waals surface area contributed by atoms with Crippen molar-refractivity contribution in [1.82, 2.24) is 25.6 Å². The number of nitrogens with zero attached hydrogens (tertiary/aromatic N) is 2. The van der Waals surface area contributed by atoms with Crippen molar-refractivity contribution in [3.63, 3.8) is 0 Å². The van der Waals surface area contributed by atoms with Crippen LogP contribution in [0.4, 0.5) is 0 Å². The van der Waals surface area contributed by atoms with Crippen LogP contribution in [0.25, 0.3) is 10.9 Å². The van der Waals surface area contributed by atoms with E-state index in [1.54, 1.807) is 22.9 Å². The van der Waals surface area contributed by atoms with Crippen molar-refractivity contribution in [2.75, 3.05) is 20.3 Å². The minimum Gasteiger partial charge on any atom is -0.417 e. The number of nitrogens with one attached hydrogen (secondary N) is 3. The maximum Gasteiger partial charge on any atom is 0.246 e. The van der Waals surface area contributed by atoms with E-state index in [-0.39, 0.29) is 36.0 Å². The van der Waals surface area contributed by atoms with Gasteiger partial charge in [0.1, 0.15) is 37.4 Å². The van der Waals surface area contributed by atoms with E-state index in [1.807, 2.05) is 38.1 Å². The quantitative estimate of drug-likeness (QED) is 0.238. The summed E-state index contributed by atoms with van der Waals surface area (Å²) in [5.41, 5.74) is 1.61. The Balaban J connectivity index is 1.42. The molecule has 3 unspecified atom stereocenters. The molecule has 2 aromatic rings. The normalized spacial score (nSPS) is 26.2. The first-order valence-electron chi connectivity index (χ1n) is 16.7. The molecule has 12 nitrogen and oxygen atoms in total. The zero-order valence-corrected chi connectivity index (χ0v) is 27.1. The third-order valence-electron chi connectivity index (χ3n) is 9.62. The first-order chi connectivity index (χ1) is 22.2. The number of unbranched alkanes of at least 4 members (excludes halogenated alkanes) is 2. The summed E-state index contributed by atoms with van der Waals surface area (Å²) in [6.07, 6.45) is 7.06. The van der Waals surface area contributed by atoms with Crippen LogP contribution in [-0.4, -0.2) is 89.6 Å². The molecule has 3 N–H and O–H groups in total. The van der Waals surface area contributed by atoms with Gasteiger partial charge in [-0.15, -0.1) is 0 Å². The second-order valence-corrected chi connectivity index (χ2v) is 12.8. The fraction of sp³-hybridized carbons (Fsp3) is 0.618. The summed E-state index contributed by atoms with van der Waals surface area (Å²) in [6, 6.07) is 4.15. The lowest BCUT2D eigenvalue weighted by Gasteiger charge is -2.39. The van der Waals surface area contributed by atoms with Crippen LogP contribution < -0.4 is 20.8 Å². The molecule has 46 heavy (non-hydrogen) atoms. The van der Waals surface area contributed by atoms with Gasteiger partial charge in [-0.1, -0.05) is 51.3 Å². The van der Waals surface area contributed by atoms with Crippen molar-refractivity contribution < 1.29 is 33.5 Å². The van der Waals surface area contributed by atoms with Crippen molar-refractivity contribution >= 4 is 40.3 Å². The number of amides is 4. The summed E-state index contributed by atoms with van der Waals surface area (Å²) in [4.78, 5) is 74.9. The number of fused-ring (bicyclic) bond motifs is 2. The fourth-order valence-corrected chi connectivity index (χ4v) is 6.57. The molecule has 6 atom stereocenters. The highest BCUT2D eigenvalue weighted by Gasteiger charge is 2.41. The zero-order valence-electron chi connectivity index (χ0n) is 27.1. The predicted molar refractivity (Wildman–Crippen MR) is 171 cm³/mol. The van der Waals surface area contributed by atoms with Gasteiger partial charge in [0.25, 0.3) is 0 Å². The molecule has 0 aliphatic carbocycles. The molecule has 0 radical (unpaired) electrons. The van der Waals surface area contributed by atoms with Gasteiger partial charge in [0, 0.05) is 31.0 Å². The molecule has 3 fully saturated rings. The number of aromatic nitrogens is 1. The van der Waals surface area contributed by atoms with Gasteiger partial charge < -0.3 is 30.4 Å². The second kappa shape index (κ2) is 15.1. The van der Waals surface area contributed by atoms with Crippen molar-refractivity contribution in [1.29, 1.82) is 0 Å². The summed E-state index contributed by atoms with van der Waals surface area (Å²) < 4.78 is 6.68. The van der Waals surface area contributed by atoms with Gasteiger partial charge in [-0.3, -0.25) is 24.0 Å². The smallest absolute Gasteiger partial charge is 0.246 e. The lowest BCUT2D eigenvalue weighted by Crippen LogP contribution is -2.64. The van der Waals surface area contributed by atoms with E-state index in [0.29, 0.717) is 58.1 Å². The van der Waals surface area contributed by atoms with Crippen LogP contribution in [-0.2, 0) is 35.1 Å². The van der Waals surface area contributed by atoms with Crippen LogP contribution >= 0.6 is 0 Å². The molecule has 1 aromatic heterocycles. The van der Waals surface area contributed by atoms with Gasteiger partial charge >= 0.3 is 0 Å². The number of benzene rings is 1. The first kappa shape index (κ1) is 33.4. The van der Waals surface area contributed by atoms with Gasteiger partial charge in [-0.2, -0.15) is 4.73 Å². The number of ether oxygens (including phenoxy) is 1. The highest BCUT2D eigenvalue weighted by atomic mass is 16.6. The number of piperidine rings is 1. The molecule has 12 heteroatoms. The van der Waals surface area contributed by atoms with Crippen LogP contribution in [0.5, 0.6) is 0 Å². The molecule has 3 saturated heterocycles. The Hall–Kier alpha value is -3.93. The van der Waals surface area contributed by atoms with Crippen molar-refractivity contribution in [3.05, 3.63) is 36.0 Å². The van der Waals surface area contributed by atoms with Crippen LogP contribution in [0.15, 0.2) is 30.5 Å².